The maximum atomic E-state index is 12.2. The summed E-state index contributed by atoms with van der Waals surface area (Å²) in [5, 5.41) is 2.95. The molecule has 29 heavy (non-hydrogen) atoms. The first-order valence-corrected chi connectivity index (χ1v) is 9.94. The zero-order chi connectivity index (χ0) is 20.4. The summed E-state index contributed by atoms with van der Waals surface area (Å²) in [4.78, 5) is 24.5. The molecule has 6 nitrogen and oxygen atoms in total. The Balaban J connectivity index is 1.56. The molecule has 152 valence electrons. The molecular weight excluding hydrogens is 370 g/mol. The van der Waals surface area contributed by atoms with Gasteiger partial charge in [0.15, 0.2) is 0 Å². The summed E-state index contributed by atoms with van der Waals surface area (Å²) in [7, 11) is 1.38. The molecule has 6 heteroatoms. The van der Waals surface area contributed by atoms with Gasteiger partial charge < -0.3 is 19.5 Å². The number of rotatable bonds is 5. The SMILES string of the molecule is COC(=O)c1ccccc1-c1cc(C)cc2c1O[C@H](CNC(=O)[C@H]1CCCO1)C2. The van der Waals surface area contributed by atoms with Gasteiger partial charge in [-0.25, -0.2) is 4.79 Å². The lowest BCUT2D eigenvalue weighted by Crippen LogP contribution is -2.40. The van der Waals surface area contributed by atoms with Crippen molar-refractivity contribution in [2.75, 3.05) is 20.3 Å². The Morgan fingerprint density at radius 3 is 2.79 bits per heavy atom. The molecule has 4 rings (SSSR count). The van der Waals surface area contributed by atoms with Gasteiger partial charge in [0, 0.05) is 18.6 Å². The van der Waals surface area contributed by atoms with E-state index in [1.54, 1.807) is 6.07 Å². The first-order valence-electron chi connectivity index (χ1n) is 9.94. The quantitative estimate of drug-likeness (QED) is 0.788. The number of methoxy groups -OCH3 is 1. The lowest BCUT2D eigenvalue weighted by Gasteiger charge is -2.16. The molecule has 1 amide bonds. The molecule has 1 N–H and O–H groups in total. The smallest absolute Gasteiger partial charge is 0.338 e. The van der Waals surface area contributed by atoms with Crippen LogP contribution in [0.1, 0.15) is 34.3 Å². The monoisotopic (exact) mass is 395 g/mol. The summed E-state index contributed by atoms with van der Waals surface area (Å²) in [6.45, 7) is 3.09. The van der Waals surface area contributed by atoms with Crippen LogP contribution in [0.5, 0.6) is 5.75 Å². The molecule has 0 aromatic heterocycles. The Morgan fingerprint density at radius 2 is 2.03 bits per heavy atom. The summed E-state index contributed by atoms with van der Waals surface area (Å²) >= 11 is 0. The summed E-state index contributed by atoms with van der Waals surface area (Å²) in [6, 6.07) is 11.5. The molecule has 2 aliphatic heterocycles. The first-order chi connectivity index (χ1) is 14.1. The summed E-state index contributed by atoms with van der Waals surface area (Å²) in [5.74, 6) is 0.312. The van der Waals surface area contributed by atoms with Gasteiger partial charge in [0.25, 0.3) is 0 Å². The molecule has 0 spiro atoms. The number of amides is 1. The van der Waals surface area contributed by atoms with Crippen molar-refractivity contribution >= 4 is 11.9 Å². The van der Waals surface area contributed by atoms with Crippen molar-refractivity contribution in [2.24, 2.45) is 0 Å². The van der Waals surface area contributed by atoms with Crippen LogP contribution in [0, 0.1) is 6.92 Å². The number of benzene rings is 2. The number of carbonyl (C=O) groups is 2. The molecule has 1 saturated heterocycles. The minimum atomic E-state index is -0.380. The van der Waals surface area contributed by atoms with Crippen LogP contribution in [-0.4, -0.2) is 44.3 Å². The van der Waals surface area contributed by atoms with E-state index in [2.05, 4.69) is 11.4 Å². The lowest BCUT2D eigenvalue weighted by atomic mass is 9.94. The van der Waals surface area contributed by atoms with Gasteiger partial charge in [0.1, 0.15) is 18.0 Å². The Morgan fingerprint density at radius 1 is 1.21 bits per heavy atom. The van der Waals surface area contributed by atoms with E-state index in [4.69, 9.17) is 14.2 Å². The third-order valence-electron chi connectivity index (χ3n) is 5.39. The minimum Gasteiger partial charge on any atom is -0.487 e. The Hall–Kier alpha value is -2.86. The maximum absolute atomic E-state index is 12.2. The van der Waals surface area contributed by atoms with Gasteiger partial charge in [-0.1, -0.05) is 24.3 Å². The molecule has 0 aliphatic carbocycles. The average molecular weight is 395 g/mol. The molecule has 0 unspecified atom stereocenters. The number of aryl methyl sites for hydroxylation is 1. The second-order valence-electron chi connectivity index (χ2n) is 7.53. The van der Waals surface area contributed by atoms with Gasteiger partial charge in [0.05, 0.1) is 19.2 Å². The number of ether oxygens (including phenoxy) is 3. The second-order valence-corrected chi connectivity index (χ2v) is 7.53. The van der Waals surface area contributed by atoms with Crippen molar-refractivity contribution in [2.45, 2.75) is 38.4 Å². The van der Waals surface area contributed by atoms with Crippen molar-refractivity contribution in [1.29, 1.82) is 0 Å². The zero-order valence-electron chi connectivity index (χ0n) is 16.7. The largest absolute Gasteiger partial charge is 0.487 e. The highest BCUT2D eigenvalue weighted by Crippen LogP contribution is 2.41. The molecule has 2 heterocycles. The Bertz CT molecular complexity index is 933. The van der Waals surface area contributed by atoms with E-state index in [0.717, 1.165) is 40.8 Å². The van der Waals surface area contributed by atoms with Crippen molar-refractivity contribution in [3.63, 3.8) is 0 Å². The fourth-order valence-electron chi connectivity index (χ4n) is 4.03. The molecule has 2 aromatic rings. The number of fused-ring (bicyclic) bond motifs is 1. The molecule has 2 aromatic carbocycles. The Labute approximate surface area is 170 Å². The molecule has 0 saturated carbocycles. The van der Waals surface area contributed by atoms with E-state index in [0.29, 0.717) is 25.1 Å². The van der Waals surface area contributed by atoms with E-state index in [-0.39, 0.29) is 24.1 Å². The Kier molecular flexibility index (Phi) is 5.53. The van der Waals surface area contributed by atoms with Crippen molar-refractivity contribution in [3.05, 3.63) is 53.1 Å². The second kappa shape index (κ2) is 8.25. The molecule has 0 bridgehead atoms. The van der Waals surface area contributed by atoms with Crippen LogP contribution in [-0.2, 0) is 20.7 Å². The number of nitrogens with one attached hydrogen (secondary N) is 1. The minimum absolute atomic E-state index is 0.0745. The van der Waals surface area contributed by atoms with Gasteiger partial charge in [-0.15, -0.1) is 0 Å². The third-order valence-corrected chi connectivity index (χ3v) is 5.39. The normalized spacial score (nSPS) is 20.1. The molecule has 2 atom stereocenters. The van der Waals surface area contributed by atoms with Crippen LogP contribution < -0.4 is 10.1 Å². The molecule has 0 radical (unpaired) electrons. The lowest BCUT2D eigenvalue weighted by molar-refractivity contribution is -0.130. The van der Waals surface area contributed by atoms with Crippen molar-refractivity contribution in [3.8, 4) is 16.9 Å². The van der Waals surface area contributed by atoms with Gasteiger partial charge in [-0.05, 0) is 48.6 Å². The van der Waals surface area contributed by atoms with Crippen LogP contribution in [0.25, 0.3) is 11.1 Å². The number of hydrogen-bond acceptors (Lipinski definition) is 5. The number of esters is 1. The van der Waals surface area contributed by atoms with Crippen LogP contribution >= 0.6 is 0 Å². The van der Waals surface area contributed by atoms with Gasteiger partial charge >= 0.3 is 5.97 Å². The topological polar surface area (TPSA) is 73.9 Å². The maximum Gasteiger partial charge on any atom is 0.338 e. The van der Waals surface area contributed by atoms with E-state index >= 15 is 0 Å². The highest BCUT2D eigenvalue weighted by atomic mass is 16.5. The van der Waals surface area contributed by atoms with Crippen LogP contribution in [0.3, 0.4) is 0 Å². The van der Waals surface area contributed by atoms with Crippen LogP contribution in [0.2, 0.25) is 0 Å². The van der Waals surface area contributed by atoms with Crippen LogP contribution in [0.15, 0.2) is 36.4 Å². The summed E-state index contributed by atoms with van der Waals surface area (Å²) < 4.78 is 16.6. The summed E-state index contributed by atoms with van der Waals surface area (Å²) in [5.41, 5.74) is 4.32. The molecule has 1 fully saturated rings. The fraction of sp³-hybridized carbons (Fsp3) is 0.391. The van der Waals surface area contributed by atoms with E-state index in [9.17, 15) is 9.59 Å². The highest BCUT2D eigenvalue weighted by Gasteiger charge is 2.30. The first kappa shape index (κ1) is 19.5. The summed E-state index contributed by atoms with van der Waals surface area (Å²) in [6.07, 6.45) is 1.90. The van der Waals surface area contributed by atoms with E-state index in [1.807, 2.05) is 31.2 Å². The van der Waals surface area contributed by atoms with Crippen molar-refractivity contribution < 1.29 is 23.8 Å². The molecule has 2 aliphatic rings. The van der Waals surface area contributed by atoms with Gasteiger partial charge in [-0.3, -0.25) is 4.79 Å². The molecular formula is C23H25NO5. The third kappa shape index (κ3) is 3.98. The zero-order valence-corrected chi connectivity index (χ0v) is 16.7. The van der Waals surface area contributed by atoms with E-state index in [1.165, 1.54) is 7.11 Å². The van der Waals surface area contributed by atoms with Crippen LogP contribution in [0.4, 0.5) is 0 Å². The van der Waals surface area contributed by atoms with Crippen molar-refractivity contribution in [1.82, 2.24) is 5.32 Å². The highest BCUT2D eigenvalue weighted by molar-refractivity contribution is 5.98. The van der Waals surface area contributed by atoms with Gasteiger partial charge in [-0.2, -0.15) is 0 Å². The predicted octanol–water partition coefficient (Wildman–Crippen LogP) is 3.05. The van der Waals surface area contributed by atoms with E-state index < -0.39 is 0 Å². The number of carbonyl (C=O) groups excluding carboxylic acids is 2. The standard InChI is InChI=1S/C23H25NO5/c1-14-10-15-12-16(13-24-22(25)20-8-5-9-28-20)29-21(15)19(11-14)17-6-3-4-7-18(17)23(26)27-2/h3-4,6-7,10-11,16,20H,5,8-9,12-13H2,1-2H3,(H,24,25)/t16-,20+/m0/s1. The van der Waals surface area contributed by atoms with Gasteiger partial charge in [0.2, 0.25) is 5.91 Å². The average Bonchev–Trinajstić information content (AvgIpc) is 3.40. The predicted molar refractivity (Wildman–Crippen MR) is 108 cm³/mol. The fourth-order valence-corrected chi connectivity index (χ4v) is 4.03. The number of hydrogen-bond donors (Lipinski definition) is 1.